The molecule has 1 aliphatic rings. The Bertz CT molecular complexity index is 535. The lowest BCUT2D eigenvalue weighted by atomic mass is 9.70. The highest BCUT2D eigenvalue weighted by Gasteiger charge is 2.41. The highest BCUT2D eigenvalue weighted by Crippen LogP contribution is 2.52. The van der Waals surface area contributed by atoms with Crippen molar-refractivity contribution in [1.82, 2.24) is 0 Å². The maximum atomic E-state index is 2.41. The van der Waals surface area contributed by atoms with Crippen LogP contribution < -0.4 is 0 Å². The van der Waals surface area contributed by atoms with Crippen molar-refractivity contribution in [2.24, 2.45) is 5.92 Å². The summed E-state index contributed by atoms with van der Waals surface area (Å²) in [7, 11) is 0. The zero-order valence-electron chi connectivity index (χ0n) is 11.4. The first-order valence-corrected chi connectivity index (χ1v) is 6.89. The van der Waals surface area contributed by atoms with Gasteiger partial charge in [-0.05, 0) is 28.2 Å². The minimum atomic E-state index is 0.169. The van der Waals surface area contributed by atoms with Crippen molar-refractivity contribution >= 4 is 0 Å². The number of hydrogen-bond donors (Lipinski definition) is 0. The average Bonchev–Trinajstić information content (AvgIpc) is 2.70. The van der Waals surface area contributed by atoms with Crippen molar-refractivity contribution in [3.05, 3.63) is 59.7 Å². The van der Waals surface area contributed by atoms with Crippen molar-refractivity contribution in [3.8, 4) is 11.1 Å². The van der Waals surface area contributed by atoms with Gasteiger partial charge in [0, 0.05) is 5.41 Å². The summed E-state index contributed by atoms with van der Waals surface area (Å²) in [6.45, 7) is 7.07. The average molecular weight is 236 g/mol. The first kappa shape index (κ1) is 11.5. The van der Waals surface area contributed by atoms with Crippen LogP contribution >= 0.6 is 0 Å². The maximum absolute atomic E-state index is 2.41. The topological polar surface area (TPSA) is 0 Å². The Balaban J connectivity index is 2.33. The van der Waals surface area contributed by atoms with Gasteiger partial charge < -0.3 is 0 Å². The minimum absolute atomic E-state index is 0.169. The van der Waals surface area contributed by atoms with Gasteiger partial charge in [0.05, 0.1) is 0 Å². The van der Waals surface area contributed by atoms with Crippen LogP contribution in [0.2, 0.25) is 0 Å². The molecule has 0 heteroatoms. The zero-order chi connectivity index (χ0) is 12.8. The molecular formula is C18H20. The van der Waals surface area contributed by atoms with Crippen LogP contribution in [0.4, 0.5) is 0 Å². The monoisotopic (exact) mass is 236 g/mol. The second kappa shape index (κ2) is 3.98. The standard InChI is InChI=1S/C18H20/c1-4-13(2)18(3)16-11-7-5-9-14(16)15-10-6-8-12-17(15)18/h5-13H,4H2,1-3H3. The van der Waals surface area contributed by atoms with E-state index in [2.05, 4.69) is 69.3 Å². The van der Waals surface area contributed by atoms with E-state index in [-0.39, 0.29) is 5.41 Å². The van der Waals surface area contributed by atoms with Gasteiger partial charge in [0.25, 0.3) is 0 Å². The van der Waals surface area contributed by atoms with Crippen molar-refractivity contribution in [2.75, 3.05) is 0 Å². The summed E-state index contributed by atoms with van der Waals surface area (Å²) in [5.41, 5.74) is 6.02. The van der Waals surface area contributed by atoms with Gasteiger partial charge in [-0.15, -0.1) is 0 Å². The molecule has 0 fully saturated rings. The second-order valence-corrected chi connectivity index (χ2v) is 5.60. The molecular weight excluding hydrogens is 216 g/mol. The highest BCUT2D eigenvalue weighted by molar-refractivity contribution is 5.80. The third-order valence-corrected chi connectivity index (χ3v) is 4.86. The summed E-state index contributed by atoms with van der Waals surface area (Å²) >= 11 is 0. The van der Waals surface area contributed by atoms with Gasteiger partial charge in [-0.2, -0.15) is 0 Å². The molecule has 2 aromatic carbocycles. The predicted octanol–water partition coefficient (Wildman–Crippen LogP) is 5.02. The smallest absolute Gasteiger partial charge is 0.0212 e. The van der Waals surface area contributed by atoms with Crippen LogP contribution in [0.5, 0.6) is 0 Å². The molecule has 18 heavy (non-hydrogen) atoms. The van der Waals surface area contributed by atoms with E-state index in [0.29, 0.717) is 5.92 Å². The fourth-order valence-corrected chi connectivity index (χ4v) is 3.43. The van der Waals surface area contributed by atoms with Crippen molar-refractivity contribution in [1.29, 1.82) is 0 Å². The van der Waals surface area contributed by atoms with Gasteiger partial charge in [0.1, 0.15) is 0 Å². The van der Waals surface area contributed by atoms with Crippen LogP contribution in [-0.2, 0) is 5.41 Å². The third-order valence-electron chi connectivity index (χ3n) is 4.86. The molecule has 0 nitrogen and oxygen atoms in total. The molecule has 1 unspecified atom stereocenters. The molecule has 3 rings (SSSR count). The van der Waals surface area contributed by atoms with E-state index in [1.165, 1.54) is 28.7 Å². The molecule has 0 spiro atoms. The molecule has 0 heterocycles. The Hall–Kier alpha value is -1.56. The van der Waals surface area contributed by atoms with Crippen LogP contribution in [0.3, 0.4) is 0 Å². The number of benzene rings is 2. The summed E-state index contributed by atoms with van der Waals surface area (Å²) in [4.78, 5) is 0. The summed E-state index contributed by atoms with van der Waals surface area (Å²) in [5.74, 6) is 0.655. The van der Waals surface area contributed by atoms with Gasteiger partial charge in [-0.3, -0.25) is 0 Å². The highest BCUT2D eigenvalue weighted by atomic mass is 14.4. The molecule has 1 aliphatic carbocycles. The van der Waals surface area contributed by atoms with Crippen molar-refractivity contribution in [2.45, 2.75) is 32.6 Å². The first-order valence-electron chi connectivity index (χ1n) is 6.89. The third kappa shape index (κ3) is 1.32. The van der Waals surface area contributed by atoms with E-state index >= 15 is 0 Å². The molecule has 0 aromatic heterocycles. The lowest BCUT2D eigenvalue weighted by Crippen LogP contribution is -2.29. The summed E-state index contributed by atoms with van der Waals surface area (Å²) in [6, 6.07) is 17.8. The van der Waals surface area contributed by atoms with Crippen LogP contribution in [0.15, 0.2) is 48.5 Å². The van der Waals surface area contributed by atoms with E-state index in [0.717, 1.165) is 0 Å². The summed E-state index contributed by atoms with van der Waals surface area (Å²) in [5, 5.41) is 0. The molecule has 2 aromatic rings. The SMILES string of the molecule is CCC(C)C1(C)c2ccccc2-c2ccccc21. The Morgan fingerprint density at radius 1 is 0.889 bits per heavy atom. The van der Waals surface area contributed by atoms with Crippen molar-refractivity contribution < 1.29 is 0 Å². The van der Waals surface area contributed by atoms with E-state index in [4.69, 9.17) is 0 Å². The zero-order valence-corrected chi connectivity index (χ0v) is 11.4. The normalized spacial score (nSPS) is 17.1. The first-order chi connectivity index (χ1) is 8.69. The molecule has 0 radical (unpaired) electrons. The van der Waals surface area contributed by atoms with Gasteiger partial charge in [0.2, 0.25) is 0 Å². The van der Waals surface area contributed by atoms with Crippen LogP contribution in [0.25, 0.3) is 11.1 Å². The quantitative estimate of drug-likeness (QED) is 0.687. The number of hydrogen-bond acceptors (Lipinski definition) is 0. The van der Waals surface area contributed by atoms with Gasteiger partial charge in [-0.1, -0.05) is 75.7 Å². The number of rotatable bonds is 2. The molecule has 0 bridgehead atoms. The lowest BCUT2D eigenvalue weighted by Gasteiger charge is -2.33. The van der Waals surface area contributed by atoms with E-state index in [1.807, 2.05) is 0 Å². The molecule has 0 saturated carbocycles. The second-order valence-electron chi connectivity index (χ2n) is 5.60. The molecule has 0 saturated heterocycles. The van der Waals surface area contributed by atoms with Gasteiger partial charge in [-0.25, -0.2) is 0 Å². The van der Waals surface area contributed by atoms with Gasteiger partial charge in [0.15, 0.2) is 0 Å². The minimum Gasteiger partial charge on any atom is -0.0651 e. The Kier molecular flexibility index (Phi) is 2.55. The molecule has 0 aliphatic heterocycles. The largest absolute Gasteiger partial charge is 0.0651 e. The molecule has 92 valence electrons. The number of fused-ring (bicyclic) bond motifs is 3. The molecule has 1 atom stereocenters. The Morgan fingerprint density at radius 2 is 1.33 bits per heavy atom. The van der Waals surface area contributed by atoms with Crippen molar-refractivity contribution in [3.63, 3.8) is 0 Å². The fourth-order valence-electron chi connectivity index (χ4n) is 3.43. The lowest BCUT2D eigenvalue weighted by molar-refractivity contribution is 0.371. The Labute approximate surface area is 110 Å². The molecule has 0 N–H and O–H groups in total. The van der Waals surface area contributed by atoms with Crippen LogP contribution in [-0.4, -0.2) is 0 Å². The molecule has 0 amide bonds. The van der Waals surface area contributed by atoms with E-state index in [9.17, 15) is 0 Å². The van der Waals surface area contributed by atoms with E-state index in [1.54, 1.807) is 0 Å². The maximum Gasteiger partial charge on any atom is 0.0212 e. The fraction of sp³-hybridized carbons (Fsp3) is 0.333. The summed E-state index contributed by atoms with van der Waals surface area (Å²) in [6.07, 6.45) is 1.21. The summed E-state index contributed by atoms with van der Waals surface area (Å²) < 4.78 is 0. The van der Waals surface area contributed by atoms with E-state index < -0.39 is 0 Å². The Morgan fingerprint density at radius 3 is 1.78 bits per heavy atom. The van der Waals surface area contributed by atoms with Crippen LogP contribution in [0, 0.1) is 5.92 Å². The van der Waals surface area contributed by atoms with Gasteiger partial charge >= 0.3 is 0 Å². The predicted molar refractivity (Wildman–Crippen MR) is 77.8 cm³/mol. The van der Waals surface area contributed by atoms with Crippen LogP contribution in [0.1, 0.15) is 38.3 Å².